The van der Waals surface area contributed by atoms with Crippen molar-refractivity contribution in [3.8, 4) is 5.75 Å². The van der Waals surface area contributed by atoms with Crippen LogP contribution in [0.3, 0.4) is 0 Å². The molecule has 4 N–H and O–H groups in total. The van der Waals surface area contributed by atoms with Gasteiger partial charge in [0, 0.05) is 24.7 Å². The molecule has 0 aliphatic rings. The number of fused-ring (bicyclic) bond motifs is 1. The molecule has 4 aromatic carbocycles. The molecule has 0 aromatic heterocycles. The molecule has 4 rings (SSSR count). The summed E-state index contributed by atoms with van der Waals surface area (Å²) in [6, 6.07) is 19.1. The van der Waals surface area contributed by atoms with Gasteiger partial charge in [0.25, 0.3) is 5.69 Å². The molecule has 4 aromatic rings. The van der Waals surface area contributed by atoms with Crippen LogP contribution in [0.15, 0.2) is 93.3 Å². The highest BCUT2D eigenvalue weighted by Gasteiger charge is 2.13. The van der Waals surface area contributed by atoms with Gasteiger partial charge < -0.3 is 16.2 Å². The van der Waals surface area contributed by atoms with Gasteiger partial charge in [-0.2, -0.15) is 10.2 Å². The number of hydrogen-bond acceptors (Lipinski definition) is 9. The van der Waals surface area contributed by atoms with Crippen molar-refractivity contribution in [2.45, 2.75) is 6.92 Å². The topological polar surface area (TPSA) is 168 Å². The first-order chi connectivity index (χ1) is 16.8. The Hall–Kier alpha value is -5.19. The Balaban J connectivity index is 1.64. The second kappa shape index (κ2) is 9.75. The van der Waals surface area contributed by atoms with Gasteiger partial charge in [0.2, 0.25) is 5.91 Å². The average Bonchev–Trinajstić information content (AvgIpc) is 2.83. The number of aromatic hydroxyl groups is 1. The second-order valence-corrected chi connectivity index (χ2v) is 7.43. The number of anilines is 2. The zero-order valence-corrected chi connectivity index (χ0v) is 18.4. The quantitative estimate of drug-likeness (QED) is 0.121. The first-order valence-electron chi connectivity index (χ1n) is 10.3. The maximum absolute atomic E-state index is 11.3. The fourth-order valence-corrected chi connectivity index (χ4v) is 3.29. The highest BCUT2D eigenvalue weighted by molar-refractivity contribution is 6.04. The fourth-order valence-electron chi connectivity index (χ4n) is 3.29. The molecule has 0 radical (unpaired) electrons. The van der Waals surface area contributed by atoms with E-state index in [2.05, 4.69) is 25.8 Å². The lowest BCUT2D eigenvalue weighted by atomic mass is 10.1. The van der Waals surface area contributed by atoms with Crippen molar-refractivity contribution in [3.63, 3.8) is 0 Å². The third kappa shape index (κ3) is 5.25. The Bertz CT molecular complexity index is 1500. The van der Waals surface area contributed by atoms with Gasteiger partial charge in [0.05, 0.1) is 27.4 Å². The van der Waals surface area contributed by atoms with E-state index in [1.165, 1.54) is 31.2 Å². The summed E-state index contributed by atoms with van der Waals surface area (Å²) < 4.78 is 0. The van der Waals surface area contributed by atoms with Crippen LogP contribution in [-0.2, 0) is 4.79 Å². The summed E-state index contributed by atoms with van der Waals surface area (Å²) in [4.78, 5) is 21.5. The molecular formula is C24H19N7O4. The Morgan fingerprint density at radius 2 is 1.57 bits per heavy atom. The number of carbonyl (C=O) groups excluding carboxylic acids is 1. The van der Waals surface area contributed by atoms with Crippen LogP contribution in [0.4, 0.5) is 39.8 Å². The summed E-state index contributed by atoms with van der Waals surface area (Å²) in [5, 5.41) is 41.8. The average molecular weight is 469 g/mol. The number of hydrogen-bond donors (Lipinski definition) is 3. The molecule has 0 atom stereocenters. The van der Waals surface area contributed by atoms with Crippen LogP contribution in [-0.4, -0.2) is 15.9 Å². The van der Waals surface area contributed by atoms with Crippen molar-refractivity contribution >= 4 is 56.5 Å². The minimum absolute atomic E-state index is 0.0613. The molecule has 0 saturated heterocycles. The molecule has 35 heavy (non-hydrogen) atoms. The van der Waals surface area contributed by atoms with Gasteiger partial charge in [-0.25, -0.2) is 0 Å². The predicted octanol–water partition coefficient (Wildman–Crippen LogP) is 6.83. The molecule has 0 spiro atoms. The van der Waals surface area contributed by atoms with E-state index in [4.69, 9.17) is 5.73 Å². The van der Waals surface area contributed by atoms with E-state index in [1.807, 2.05) is 0 Å². The van der Waals surface area contributed by atoms with Crippen molar-refractivity contribution in [2.75, 3.05) is 11.1 Å². The number of phenols is 1. The van der Waals surface area contributed by atoms with Crippen LogP contribution < -0.4 is 11.1 Å². The largest absolute Gasteiger partial charge is 0.505 e. The molecule has 174 valence electrons. The van der Waals surface area contributed by atoms with E-state index in [1.54, 1.807) is 48.5 Å². The third-order valence-corrected chi connectivity index (χ3v) is 4.93. The van der Waals surface area contributed by atoms with Crippen molar-refractivity contribution in [2.24, 2.45) is 20.5 Å². The van der Waals surface area contributed by atoms with Crippen molar-refractivity contribution in [1.82, 2.24) is 0 Å². The molecule has 0 saturated carbocycles. The van der Waals surface area contributed by atoms with E-state index in [0.29, 0.717) is 33.5 Å². The lowest BCUT2D eigenvalue weighted by Crippen LogP contribution is -2.04. The molecule has 0 bridgehead atoms. The molecule has 0 heterocycles. The number of nitrogen functional groups attached to an aromatic ring is 1. The number of nitrogens with zero attached hydrogens (tertiary/aromatic N) is 5. The Morgan fingerprint density at radius 3 is 2.26 bits per heavy atom. The van der Waals surface area contributed by atoms with Gasteiger partial charge in [-0.05, 0) is 47.9 Å². The molecular weight excluding hydrogens is 450 g/mol. The number of nitro benzene ring substituents is 1. The first-order valence-corrected chi connectivity index (χ1v) is 10.3. The number of non-ortho nitro benzene ring substituents is 1. The van der Waals surface area contributed by atoms with Crippen LogP contribution in [0.25, 0.3) is 10.8 Å². The van der Waals surface area contributed by atoms with E-state index in [-0.39, 0.29) is 28.7 Å². The highest BCUT2D eigenvalue weighted by atomic mass is 16.6. The van der Waals surface area contributed by atoms with Crippen LogP contribution in [0.1, 0.15) is 6.92 Å². The normalized spacial score (nSPS) is 11.3. The van der Waals surface area contributed by atoms with Crippen molar-refractivity contribution in [1.29, 1.82) is 0 Å². The molecule has 1 amide bonds. The Kier molecular flexibility index (Phi) is 6.40. The monoisotopic (exact) mass is 469 g/mol. The predicted molar refractivity (Wildman–Crippen MR) is 132 cm³/mol. The number of carbonyl (C=O) groups is 1. The summed E-state index contributed by atoms with van der Waals surface area (Å²) >= 11 is 0. The van der Waals surface area contributed by atoms with Gasteiger partial charge in [0.1, 0.15) is 11.4 Å². The zero-order valence-electron chi connectivity index (χ0n) is 18.4. The molecule has 0 aliphatic carbocycles. The molecule has 11 heteroatoms. The number of nitro groups is 1. The van der Waals surface area contributed by atoms with Crippen LogP contribution in [0.2, 0.25) is 0 Å². The fraction of sp³-hybridized carbons (Fsp3) is 0.0417. The Morgan fingerprint density at radius 1 is 0.914 bits per heavy atom. The van der Waals surface area contributed by atoms with Crippen LogP contribution in [0.5, 0.6) is 5.75 Å². The third-order valence-electron chi connectivity index (χ3n) is 4.93. The molecule has 0 unspecified atom stereocenters. The number of nitrogens with one attached hydrogen (secondary N) is 1. The lowest BCUT2D eigenvalue weighted by Gasteiger charge is -2.08. The van der Waals surface area contributed by atoms with Gasteiger partial charge in [0.15, 0.2) is 5.75 Å². The number of rotatable bonds is 6. The summed E-state index contributed by atoms with van der Waals surface area (Å²) in [7, 11) is 0. The summed E-state index contributed by atoms with van der Waals surface area (Å²) in [6.07, 6.45) is 0. The number of nitrogens with two attached hydrogens (primary N) is 1. The van der Waals surface area contributed by atoms with Gasteiger partial charge in [-0.3, -0.25) is 14.9 Å². The maximum atomic E-state index is 11.3. The summed E-state index contributed by atoms with van der Waals surface area (Å²) in [6.45, 7) is 1.41. The van der Waals surface area contributed by atoms with Gasteiger partial charge in [-0.15, -0.1) is 10.2 Å². The number of azo groups is 2. The smallest absolute Gasteiger partial charge is 0.269 e. The SMILES string of the molecule is CC(=O)Nc1cccc(N=Nc2ccc3ccc(N=Nc4ccc([N+](=O)[O-])cc4)c(O)c3c2N)c1. The van der Waals surface area contributed by atoms with Crippen LogP contribution >= 0.6 is 0 Å². The minimum atomic E-state index is -0.506. The second-order valence-electron chi connectivity index (χ2n) is 7.43. The van der Waals surface area contributed by atoms with E-state index in [9.17, 15) is 20.0 Å². The number of benzene rings is 4. The highest BCUT2D eigenvalue weighted by Crippen LogP contribution is 2.42. The summed E-state index contributed by atoms with van der Waals surface area (Å²) in [5.41, 5.74) is 8.41. The maximum Gasteiger partial charge on any atom is 0.269 e. The zero-order chi connectivity index (χ0) is 24.9. The number of phenolic OH excluding ortho intramolecular Hbond substituents is 1. The van der Waals surface area contributed by atoms with Crippen molar-refractivity contribution < 1.29 is 14.8 Å². The molecule has 11 nitrogen and oxygen atoms in total. The standard InChI is InChI=1S/C24H19N7O4/c1-14(32)26-17-3-2-4-18(13-17)28-29-20-11-5-15-6-12-21(24(33)22(15)23(20)25)30-27-16-7-9-19(10-8-16)31(34)35/h2-13,33H,25H2,1H3,(H,26,32). The van der Waals surface area contributed by atoms with E-state index < -0.39 is 4.92 Å². The van der Waals surface area contributed by atoms with E-state index >= 15 is 0 Å². The first kappa shape index (κ1) is 23.0. The molecule has 0 fully saturated rings. The summed E-state index contributed by atoms with van der Waals surface area (Å²) in [5.74, 6) is -0.384. The Labute approximate surface area is 198 Å². The van der Waals surface area contributed by atoms with Crippen LogP contribution in [0, 0.1) is 10.1 Å². The number of amides is 1. The van der Waals surface area contributed by atoms with E-state index in [0.717, 1.165) is 0 Å². The van der Waals surface area contributed by atoms with Crippen molar-refractivity contribution in [3.05, 3.63) is 82.9 Å². The van der Waals surface area contributed by atoms with Gasteiger partial charge in [-0.1, -0.05) is 18.2 Å². The minimum Gasteiger partial charge on any atom is -0.505 e. The molecule has 0 aliphatic heterocycles. The van der Waals surface area contributed by atoms with Gasteiger partial charge >= 0.3 is 0 Å². The lowest BCUT2D eigenvalue weighted by molar-refractivity contribution is -0.384.